The van der Waals surface area contributed by atoms with Crippen LogP contribution in [0.15, 0.2) is 24.3 Å². The molecule has 0 aromatic heterocycles. The average Bonchev–Trinajstić information content (AvgIpc) is 3.22. The number of benzene rings is 1. The highest BCUT2D eigenvalue weighted by molar-refractivity contribution is 5.92. The van der Waals surface area contributed by atoms with E-state index in [1.165, 1.54) is 5.56 Å². The molecule has 0 spiro atoms. The molecule has 2 rings (SSSR count). The zero-order valence-electron chi connectivity index (χ0n) is 12.2. The number of ether oxygens (including phenoxy) is 1. The largest absolute Gasteiger partial charge is 0.449 e. The van der Waals surface area contributed by atoms with Crippen LogP contribution in [0.25, 0.3) is 0 Å². The molecule has 0 radical (unpaired) electrons. The number of hydrogen-bond donors (Lipinski definition) is 1. The summed E-state index contributed by atoms with van der Waals surface area (Å²) in [4.78, 5) is 23.7. The van der Waals surface area contributed by atoms with Gasteiger partial charge >= 0.3 is 5.97 Å². The molecule has 20 heavy (non-hydrogen) atoms. The van der Waals surface area contributed by atoms with Gasteiger partial charge in [0.25, 0.3) is 5.91 Å². The maximum Gasteiger partial charge on any atom is 0.338 e. The van der Waals surface area contributed by atoms with Gasteiger partial charge in [0.15, 0.2) is 6.10 Å². The number of nitrogens with one attached hydrogen (secondary N) is 1. The van der Waals surface area contributed by atoms with Crippen LogP contribution in [0, 0.1) is 0 Å². The molecule has 0 heterocycles. The highest BCUT2D eigenvalue weighted by Gasteiger charge is 2.27. The van der Waals surface area contributed by atoms with Crippen LogP contribution in [-0.4, -0.2) is 24.0 Å². The van der Waals surface area contributed by atoms with Crippen LogP contribution in [0.3, 0.4) is 0 Å². The van der Waals surface area contributed by atoms with E-state index >= 15 is 0 Å². The molecule has 108 valence electrons. The molecule has 1 atom stereocenters. The molecule has 0 aliphatic heterocycles. The van der Waals surface area contributed by atoms with Crippen molar-refractivity contribution in [3.8, 4) is 0 Å². The number of amides is 1. The minimum atomic E-state index is -0.757. The first-order chi connectivity index (χ1) is 9.47. The second-order valence-electron chi connectivity index (χ2n) is 5.61. The third kappa shape index (κ3) is 3.83. The van der Waals surface area contributed by atoms with E-state index in [2.05, 4.69) is 19.2 Å². The lowest BCUT2D eigenvalue weighted by Crippen LogP contribution is -2.37. The Morgan fingerprint density at radius 1 is 1.15 bits per heavy atom. The number of carbonyl (C=O) groups is 2. The number of hydrogen-bond acceptors (Lipinski definition) is 3. The van der Waals surface area contributed by atoms with E-state index in [0.29, 0.717) is 11.5 Å². The Hall–Kier alpha value is -1.84. The van der Waals surface area contributed by atoms with E-state index in [1.54, 1.807) is 19.1 Å². The van der Waals surface area contributed by atoms with Crippen molar-refractivity contribution in [1.29, 1.82) is 0 Å². The molecule has 1 aromatic rings. The predicted molar refractivity (Wildman–Crippen MR) is 76.6 cm³/mol. The number of rotatable bonds is 5. The van der Waals surface area contributed by atoms with Crippen molar-refractivity contribution in [2.45, 2.75) is 51.7 Å². The predicted octanol–water partition coefficient (Wildman–Crippen LogP) is 2.63. The maximum absolute atomic E-state index is 11.9. The van der Waals surface area contributed by atoms with Crippen molar-refractivity contribution in [3.63, 3.8) is 0 Å². The fraction of sp³-hybridized carbons (Fsp3) is 0.500. The average molecular weight is 275 g/mol. The Bertz CT molecular complexity index is 489. The highest BCUT2D eigenvalue weighted by atomic mass is 16.5. The molecule has 1 aliphatic rings. The molecule has 0 unspecified atom stereocenters. The molecule has 1 amide bonds. The van der Waals surface area contributed by atoms with Crippen molar-refractivity contribution in [2.24, 2.45) is 0 Å². The van der Waals surface area contributed by atoms with Crippen LogP contribution in [0.4, 0.5) is 0 Å². The van der Waals surface area contributed by atoms with Crippen LogP contribution in [0.5, 0.6) is 0 Å². The van der Waals surface area contributed by atoms with E-state index in [4.69, 9.17) is 4.74 Å². The molecule has 1 N–H and O–H groups in total. The first kappa shape index (κ1) is 14.6. The molecule has 1 aliphatic carbocycles. The van der Waals surface area contributed by atoms with Crippen LogP contribution in [-0.2, 0) is 9.53 Å². The molecular formula is C16H21NO3. The maximum atomic E-state index is 11.9. The Labute approximate surface area is 119 Å². The highest BCUT2D eigenvalue weighted by Crippen LogP contribution is 2.19. The van der Waals surface area contributed by atoms with Crippen LogP contribution in [0.2, 0.25) is 0 Å². The lowest BCUT2D eigenvalue weighted by atomic mass is 10.0. The monoisotopic (exact) mass is 275 g/mol. The molecule has 4 nitrogen and oxygen atoms in total. The Balaban J connectivity index is 1.91. The molecule has 1 saturated carbocycles. The SMILES string of the molecule is CC(C)c1ccc(C(=O)O[C@H](C)C(=O)NC2CC2)cc1. The normalized spacial score (nSPS) is 15.8. The topological polar surface area (TPSA) is 55.4 Å². The van der Waals surface area contributed by atoms with E-state index < -0.39 is 12.1 Å². The van der Waals surface area contributed by atoms with Gasteiger partial charge in [0.2, 0.25) is 0 Å². The second-order valence-corrected chi connectivity index (χ2v) is 5.61. The van der Waals surface area contributed by atoms with E-state index in [1.807, 2.05) is 12.1 Å². The fourth-order valence-corrected chi connectivity index (χ4v) is 1.83. The zero-order valence-corrected chi connectivity index (χ0v) is 12.2. The van der Waals surface area contributed by atoms with Gasteiger partial charge in [-0.3, -0.25) is 4.79 Å². The summed E-state index contributed by atoms with van der Waals surface area (Å²) in [6, 6.07) is 7.58. The summed E-state index contributed by atoms with van der Waals surface area (Å²) in [6.45, 7) is 5.79. The fourth-order valence-electron chi connectivity index (χ4n) is 1.83. The molecule has 0 saturated heterocycles. The van der Waals surface area contributed by atoms with Crippen LogP contribution in [0.1, 0.15) is 55.5 Å². The number of carbonyl (C=O) groups excluding carboxylic acids is 2. The summed E-state index contributed by atoms with van der Waals surface area (Å²) in [6.07, 6.45) is 1.28. The quantitative estimate of drug-likeness (QED) is 0.840. The van der Waals surface area contributed by atoms with Gasteiger partial charge in [0.05, 0.1) is 5.56 Å². The van der Waals surface area contributed by atoms with Crippen LogP contribution >= 0.6 is 0 Å². The smallest absolute Gasteiger partial charge is 0.338 e. The Morgan fingerprint density at radius 3 is 2.25 bits per heavy atom. The van der Waals surface area contributed by atoms with Gasteiger partial charge in [-0.1, -0.05) is 26.0 Å². The molecular weight excluding hydrogens is 254 g/mol. The minimum absolute atomic E-state index is 0.223. The second kappa shape index (κ2) is 6.07. The molecule has 1 fully saturated rings. The third-order valence-electron chi connectivity index (χ3n) is 3.39. The summed E-state index contributed by atoms with van der Waals surface area (Å²) in [5, 5.41) is 2.82. The Kier molecular flexibility index (Phi) is 4.42. The van der Waals surface area contributed by atoms with Crippen molar-refractivity contribution < 1.29 is 14.3 Å². The summed E-state index contributed by atoms with van der Waals surface area (Å²) in [7, 11) is 0. The minimum Gasteiger partial charge on any atom is -0.449 e. The van der Waals surface area contributed by atoms with Gasteiger partial charge in [-0.15, -0.1) is 0 Å². The first-order valence-electron chi connectivity index (χ1n) is 7.08. The van der Waals surface area contributed by atoms with E-state index in [9.17, 15) is 9.59 Å². The summed E-state index contributed by atoms with van der Waals surface area (Å²) in [5.41, 5.74) is 1.64. The molecule has 0 bridgehead atoms. The van der Waals surface area contributed by atoms with E-state index in [0.717, 1.165) is 12.8 Å². The Morgan fingerprint density at radius 2 is 1.75 bits per heavy atom. The number of esters is 1. The van der Waals surface area contributed by atoms with Crippen LogP contribution < -0.4 is 5.32 Å². The lowest BCUT2D eigenvalue weighted by Gasteiger charge is -2.13. The summed E-state index contributed by atoms with van der Waals surface area (Å²) >= 11 is 0. The van der Waals surface area contributed by atoms with Crippen molar-refractivity contribution >= 4 is 11.9 Å². The lowest BCUT2D eigenvalue weighted by molar-refractivity contribution is -0.129. The van der Waals surface area contributed by atoms with Crippen molar-refractivity contribution in [3.05, 3.63) is 35.4 Å². The van der Waals surface area contributed by atoms with Gasteiger partial charge in [-0.2, -0.15) is 0 Å². The van der Waals surface area contributed by atoms with Gasteiger partial charge in [-0.25, -0.2) is 4.79 Å². The standard InChI is InChI=1S/C16H21NO3/c1-10(2)12-4-6-13(7-5-12)16(19)20-11(3)15(18)17-14-8-9-14/h4-7,10-11,14H,8-9H2,1-3H3,(H,17,18)/t11-/m1/s1. The van der Waals surface area contributed by atoms with E-state index in [-0.39, 0.29) is 11.9 Å². The first-order valence-corrected chi connectivity index (χ1v) is 7.08. The van der Waals surface area contributed by atoms with Gasteiger partial charge in [0, 0.05) is 6.04 Å². The van der Waals surface area contributed by atoms with Crippen molar-refractivity contribution in [2.75, 3.05) is 0 Å². The van der Waals surface area contributed by atoms with Gasteiger partial charge in [-0.05, 0) is 43.4 Å². The van der Waals surface area contributed by atoms with Gasteiger partial charge < -0.3 is 10.1 Å². The van der Waals surface area contributed by atoms with Crippen molar-refractivity contribution in [1.82, 2.24) is 5.32 Å². The summed E-state index contributed by atoms with van der Waals surface area (Å²) < 4.78 is 5.18. The van der Waals surface area contributed by atoms with Gasteiger partial charge in [0.1, 0.15) is 0 Å². The molecule has 1 aromatic carbocycles. The zero-order chi connectivity index (χ0) is 14.7. The third-order valence-corrected chi connectivity index (χ3v) is 3.39. The summed E-state index contributed by atoms with van der Waals surface area (Å²) in [5.74, 6) is -0.262. The molecule has 4 heteroatoms.